The highest BCUT2D eigenvalue weighted by Crippen LogP contribution is 2.31. The fourth-order valence-electron chi connectivity index (χ4n) is 2.83. The van der Waals surface area contributed by atoms with Gasteiger partial charge in [0.2, 0.25) is 0 Å². The minimum Gasteiger partial charge on any atom is -0.493 e. The lowest BCUT2D eigenvalue weighted by molar-refractivity contribution is -0.149. The number of carbonyl (C=O) groups excluding carboxylic acids is 1. The van der Waals surface area contributed by atoms with Gasteiger partial charge in [-0.15, -0.1) is 0 Å². The maximum atomic E-state index is 13.1. The third-order valence-electron chi connectivity index (χ3n) is 3.95. The monoisotopic (exact) mass is 280 g/mol. The topological polar surface area (TPSA) is 35.5 Å². The Morgan fingerprint density at radius 2 is 2.10 bits per heavy atom. The first-order valence-electron chi connectivity index (χ1n) is 7.17. The van der Waals surface area contributed by atoms with Crippen molar-refractivity contribution in [2.45, 2.75) is 32.1 Å². The van der Waals surface area contributed by atoms with Gasteiger partial charge >= 0.3 is 5.97 Å². The molecule has 110 valence electrons. The average molecular weight is 280 g/mol. The summed E-state index contributed by atoms with van der Waals surface area (Å²) in [6.45, 7) is 0.251. The van der Waals surface area contributed by atoms with E-state index in [4.69, 9.17) is 9.47 Å². The normalized spacial score (nSPS) is 17.5. The second-order valence-corrected chi connectivity index (χ2v) is 5.30. The predicted octanol–water partition coefficient (Wildman–Crippen LogP) is 3.57. The molecule has 0 radical (unpaired) electrons. The Balaban J connectivity index is 1.98. The van der Waals surface area contributed by atoms with E-state index in [9.17, 15) is 9.18 Å². The van der Waals surface area contributed by atoms with Gasteiger partial charge in [0.1, 0.15) is 18.2 Å². The zero-order chi connectivity index (χ0) is 14.4. The fourth-order valence-corrected chi connectivity index (χ4v) is 2.83. The molecule has 2 rings (SSSR count). The van der Waals surface area contributed by atoms with Crippen LogP contribution in [-0.4, -0.2) is 19.7 Å². The first kappa shape index (κ1) is 14.8. The largest absolute Gasteiger partial charge is 0.493 e. The van der Waals surface area contributed by atoms with Crippen LogP contribution in [0.4, 0.5) is 4.39 Å². The van der Waals surface area contributed by atoms with Crippen molar-refractivity contribution < 1.29 is 18.7 Å². The molecule has 1 aliphatic rings. The van der Waals surface area contributed by atoms with E-state index in [1.165, 1.54) is 25.7 Å². The lowest BCUT2D eigenvalue weighted by Crippen LogP contribution is -2.32. The molecule has 1 fully saturated rings. The molecule has 20 heavy (non-hydrogen) atoms. The summed E-state index contributed by atoms with van der Waals surface area (Å²) in [5, 5.41) is 0. The Morgan fingerprint density at radius 1 is 1.35 bits per heavy atom. The molecule has 4 heteroatoms. The molecule has 0 spiro atoms. The number of ether oxygens (including phenoxy) is 2. The summed E-state index contributed by atoms with van der Waals surface area (Å²) >= 11 is 0. The molecule has 1 aromatic rings. The number of esters is 1. The fraction of sp³-hybridized carbons (Fsp3) is 0.562. The molecule has 0 amide bonds. The molecule has 1 aromatic carbocycles. The molecule has 0 heterocycles. The van der Waals surface area contributed by atoms with Gasteiger partial charge in [-0.1, -0.05) is 25.3 Å². The number of hydrogen-bond acceptors (Lipinski definition) is 3. The van der Waals surface area contributed by atoms with E-state index < -0.39 is 0 Å². The SMILES string of the molecule is COC(=O)C(COc1cccc(F)c1)C1CCCCC1. The van der Waals surface area contributed by atoms with Crippen LogP contribution in [0.5, 0.6) is 5.75 Å². The Hall–Kier alpha value is -1.58. The van der Waals surface area contributed by atoms with Crippen molar-refractivity contribution in [3.05, 3.63) is 30.1 Å². The van der Waals surface area contributed by atoms with Crippen LogP contribution < -0.4 is 4.74 Å². The standard InChI is InChI=1S/C16H21FO3/c1-19-16(18)15(12-6-3-2-4-7-12)11-20-14-9-5-8-13(17)10-14/h5,8-10,12,15H,2-4,6-7,11H2,1H3. The maximum absolute atomic E-state index is 13.1. The van der Waals surface area contributed by atoms with E-state index >= 15 is 0 Å². The Labute approximate surface area is 119 Å². The molecule has 0 aliphatic heterocycles. The smallest absolute Gasteiger partial charge is 0.312 e. The van der Waals surface area contributed by atoms with Crippen molar-refractivity contribution in [2.24, 2.45) is 11.8 Å². The molecular weight excluding hydrogens is 259 g/mol. The van der Waals surface area contributed by atoms with E-state index in [0.29, 0.717) is 11.7 Å². The zero-order valence-corrected chi connectivity index (χ0v) is 11.8. The van der Waals surface area contributed by atoms with E-state index in [2.05, 4.69) is 0 Å². The van der Waals surface area contributed by atoms with Gasteiger partial charge in [0, 0.05) is 6.07 Å². The van der Waals surface area contributed by atoms with Crippen molar-refractivity contribution >= 4 is 5.97 Å². The van der Waals surface area contributed by atoms with Crippen LogP contribution in [-0.2, 0) is 9.53 Å². The highest BCUT2D eigenvalue weighted by Gasteiger charge is 2.31. The number of benzene rings is 1. The number of rotatable bonds is 5. The summed E-state index contributed by atoms with van der Waals surface area (Å²) in [5.41, 5.74) is 0. The van der Waals surface area contributed by atoms with Crippen molar-refractivity contribution in [1.29, 1.82) is 0 Å². The van der Waals surface area contributed by atoms with Gasteiger partial charge < -0.3 is 9.47 Å². The minimum absolute atomic E-state index is 0.228. The average Bonchev–Trinajstić information content (AvgIpc) is 2.48. The summed E-state index contributed by atoms with van der Waals surface area (Å²) in [5.74, 6) is -0.0638. The summed E-state index contributed by atoms with van der Waals surface area (Å²) < 4.78 is 23.6. The molecule has 3 nitrogen and oxygen atoms in total. The van der Waals surface area contributed by atoms with Crippen LogP contribution in [0.1, 0.15) is 32.1 Å². The Bertz CT molecular complexity index is 441. The molecular formula is C16H21FO3. The molecule has 1 saturated carbocycles. The lowest BCUT2D eigenvalue weighted by Gasteiger charge is -2.28. The second-order valence-electron chi connectivity index (χ2n) is 5.30. The van der Waals surface area contributed by atoms with Crippen LogP contribution in [0.2, 0.25) is 0 Å². The number of hydrogen-bond donors (Lipinski definition) is 0. The summed E-state index contributed by atoms with van der Waals surface area (Å²) in [4.78, 5) is 11.9. The van der Waals surface area contributed by atoms with Gasteiger partial charge in [-0.25, -0.2) is 4.39 Å². The first-order valence-corrected chi connectivity index (χ1v) is 7.17. The Morgan fingerprint density at radius 3 is 2.75 bits per heavy atom. The van der Waals surface area contributed by atoms with Crippen LogP contribution in [0.3, 0.4) is 0 Å². The molecule has 1 aliphatic carbocycles. The van der Waals surface area contributed by atoms with Gasteiger partial charge in [-0.3, -0.25) is 4.79 Å². The first-order chi connectivity index (χ1) is 9.70. The molecule has 0 saturated heterocycles. The van der Waals surface area contributed by atoms with Crippen molar-refractivity contribution in [2.75, 3.05) is 13.7 Å². The van der Waals surface area contributed by atoms with Crippen molar-refractivity contribution in [3.8, 4) is 5.75 Å². The van der Waals surface area contributed by atoms with Gasteiger partial charge in [0.15, 0.2) is 0 Å². The zero-order valence-electron chi connectivity index (χ0n) is 11.8. The second kappa shape index (κ2) is 7.27. The minimum atomic E-state index is -0.338. The van der Waals surface area contributed by atoms with Crippen LogP contribution >= 0.6 is 0 Å². The van der Waals surface area contributed by atoms with E-state index in [-0.39, 0.29) is 24.3 Å². The van der Waals surface area contributed by atoms with Crippen molar-refractivity contribution in [1.82, 2.24) is 0 Å². The van der Waals surface area contributed by atoms with E-state index in [0.717, 1.165) is 25.7 Å². The molecule has 0 bridgehead atoms. The van der Waals surface area contributed by atoms with Gasteiger partial charge in [0.05, 0.1) is 13.0 Å². The van der Waals surface area contributed by atoms with E-state index in [1.54, 1.807) is 12.1 Å². The predicted molar refractivity (Wildman–Crippen MR) is 74.0 cm³/mol. The summed E-state index contributed by atoms with van der Waals surface area (Å²) in [6, 6.07) is 5.98. The van der Waals surface area contributed by atoms with Gasteiger partial charge in [-0.05, 0) is 30.9 Å². The molecule has 0 aromatic heterocycles. The summed E-state index contributed by atoms with van der Waals surface area (Å²) in [7, 11) is 1.40. The van der Waals surface area contributed by atoms with Crippen LogP contribution in [0.15, 0.2) is 24.3 Å². The highest BCUT2D eigenvalue weighted by molar-refractivity contribution is 5.72. The van der Waals surface area contributed by atoms with E-state index in [1.807, 2.05) is 0 Å². The molecule has 1 atom stereocenters. The summed E-state index contributed by atoms with van der Waals surface area (Å²) in [6.07, 6.45) is 5.60. The Kier molecular flexibility index (Phi) is 5.39. The van der Waals surface area contributed by atoms with Crippen LogP contribution in [0, 0.1) is 17.7 Å². The highest BCUT2D eigenvalue weighted by atomic mass is 19.1. The number of methoxy groups -OCH3 is 1. The molecule has 0 N–H and O–H groups in total. The third-order valence-corrected chi connectivity index (χ3v) is 3.95. The van der Waals surface area contributed by atoms with Gasteiger partial charge in [0.25, 0.3) is 0 Å². The van der Waals surface area contributed by atoms with Crippen LogP contribution in [0.25, 0.3) is 0 Å². The van der Waals surface area contributed by atoms with Crippen molar-refractivity contribution in [3.63, 3.8) is 0 Å². The molecule has 1 unspecified atom stereocenters. The quantitative estimate of drug-likeness (QED) is 0.773. The number of halogens is 1. The number of carbonyl (C=O) groups is 1. The van der Waals surface area contributed by atoms with Gasteiger partial charge in [-0.2, -0.15) is 0 Å². The lowest BCUT2D eigenvalue weighted by atomic mass is 9.80. The maximum Gasteiger partial charge on any atom is 0.312 e. The third kappa shape index (κ3) is 3.95.